The molecule has 0 aliphatic heterocycles. The fourth-order valence-corrected chi connectivity index (χ4v) is 3.28. The maximum Gasteiger partial charge on any atom is 0.237 e. The van der Waals surface area contributed by atoms with Crippen LogP contribution in [0.1, 0.15) is 42.0 Å². The van der Waals surface area contributed by atoms with Crippen LogP contribution in [0.4, 0.5) is 0 Å². The summed E-state index contributed by atoms with van der Waals surface area (Å²) in [6.45, 7) is 0. The number of benzene rings is 2. The van der Waals surface area contributed by atoms with E-state index in [0.717, 1.165) is 25.7 Å². The molecular formula is C20H24N2O. The van der Waals surface area contributed by atoms with Crippen LogP contribution in [0.5, 0.6) is 0 Å². The van der Waals surface area contributed by atoms with Crippen molar-refractivity contribution in [1.29, 1.82) is 0 Å². The first kappa shape index (κ1) is 15.8. The zero-order chi connectivity index (χ0) is 16.1. The zero-order valence-corrected chi connectivity index (χ0v) is 13.4. The molecule has 3 N–H and O–H groups in total. The predicted molar refractivity (Wildman–Crippen MR) is 93.0 cm³/mol. The lowest BCUT2D eigenvalue weighted by atomic mass is 9.87. The Bertz CT molecular complexity index is 654. The van der Waals surface area contributed by atoms with Crippen LogP contribution in [0.15, 0.2) is 54.6 Å². The van der Waals surface area contributed by atoms with Crippen molar-refractivity contribution >= 4 is 5.91 Å². The first-order valence-electron chi connectivity index (χ1n) is 8.42. The van der Waals surface area contributed by atoms with Crippen LogP contribution in [-0.4, -0.2) is 11.9 Å². The number of nitrogens with two attached hydrogens (primary N) is 1. The van der Waals surface area contributed by atoms with E-state index in [2.05, 4.69) is 35.6 Å². The minimum absolute atomic E-state index is 0.0392. The van der Waals surface area contributed by atoms with Gasteiger partial charge in [0.2, 0.25) is 5.91 Å². The quantitative estimate of drug-likeness (QED) is 0.891. The molecule has 1 aliphatic carbocycles. The zero-order valence-electron chi connectivity index (χ0n) is 13.4. The van der Waals surface area contributed by atoms with Gasteiger partial charge in [-0.25, -0.2) is 0 Å². The number of carbonyl (C=O) groups is 1. The highest BCUT2D eigenvalue weighted by Crippen LogP contribution is 2.29. The summed E-state index contributed by atoms with van der Waals surface area (Å²) in [7, 11) is 0. The number of rotatable bonds is 5. The third-order valence-electron chi connectivity index (χ3n) is 4.61. The maximum atomic E-state index is 12.4. The van der Waals surface area contributed by atoms with E-state index in [9.17, 15) is 4.79 Å². The van der Waals surface area contributed by atoms with Gasteiger partial charge in [-0.3, -0.25) is 4.79 Å². The molecule has 120 valence electrons. The molecule has 0 saturated heterocycles. The van der Waals surface area contributed by atoms with E-state index in [1.807, 2.05) is 24.3 Å². The number of carbonyl (C=O) groups excluding carboxylic acids is 1. The van der Waals surface area contributed by atoms with Gasteiger partial charge in [0.15, 0.2) is 0 Å². The second kappa shape index (κ2) is 7.42. The lowest BCUT2D eigenvalue weighted by Crippen LogP contribution is -2.43. The van der Waals surface area contributed by atoms with Gasteiger partial charge in [0.05, 0.1) is 12.1 Å². The second-order valence-electron chi connectivity index (χ2n) is 6.28. The van der Waals surface area contributed by atoms with E-state index in [4.69, 9.17) is 5.73 Å². The van der Waals surface area contributed by atoms with Gasteiger partial charge in [-0.1, -0.05) is 54.6 Å². The van der Waals surface area contributed by atoms with Crippen molar-refractivity contribution in [1.82, 2.24) is 5.32 Å². The van der Waals surface area contributed by atoms with Gasteiger partial charge in [0.1, 0.15) is 0 Å². The monoisotopic (exact) mass is 308 g/mol. The molecule has 3 nitrogen and oxygen atoms in total. The summed E-state index contributed by atoms with van der Waals surface area (Å²) in [6, 6.07) is 18.2. The predicted octanol–water partition coefficient (Wildman–Crippen LogP) is 3.14. The van der Waals surface area contributed by atoms with E-state index in [0.29, 0.717) is 6.42 Å². The number of amides is 1. The molecular weight excluding hydrogens is 284 g/mol. The summed E-state index contributed by atoms with van der Waals surface area (Å²) in [5.74, 6) is -0.0392. The first-order valence-corrected chi connectivity index (χ1v) is 8.42. The van der Waals surface area contributed by atoms with E-state index in [1.165, 1.54) is 16.7 Å². The van der Waals surface area contributed by atoms with Crippen molar-refractivity contribution in [3.05, 3.63) is 71.3 Å². The molecule has 0 spiro atoms. The van der Waals surface area contributed by atoms with Crippen molar-refractivity contribution in [3.63, 3.8) is 0 Å². The third-order valence-corrected chi connectivity index (χ3v) is 4.61. The molecule has 0 fully saturated rings. The Morgan fingerprint density at radius 3 is 2.70 bits per heavy atom. The molecule has 0 aromatic heterocycles. The Labute approximate surface area is 137 Å². The maximum absolute atomic E-state index is 12.4. The molecule has 2 aromatic carbocycles. The summed E-state index contributed by atoms with van der Waals surface area (Å²) in [5, 5.41) is 3.15. The molecule has 0 saturated carbocycles. The van der Waals surface area contributed by atoms with Crippen LogP contribution in [0, 0.1) is 0 Å². The normalized spacial score (nSPS) is 18.0. The van der Waals surface area contributed by atoms with Gasteiger partial charge >= 0.3 is 0 Å². The van der Waals surface area contributed by atoms with Crippen LogP contribution in [-0.2, 0) is 17.6 Å². The van der Waals surface area contributed by atoms with Gasteiger partial charge in [-0.05, 0) is 48.8 Å². The molecule has 1 unspecified atom stereocenters. The lowest BCUT2D eigenvalue weighted by Gasteiger charge is -2.27. The molecule has 23 heavy (non-hydrogen) atoms. The standard InChI is InChI=1S/C20H24N2O/c21-18(14-13-15-7-2-1-3-8-15)20(23)22-19-12-6-10-16-9-4-5-11-17(16)19/h1-5,7-9,11,18-19H,6,10,12-14,21H2,(H,22,23)/t18?,19-/m1/s1. The Morgan fingerprint density at radius 2 is 1.87 bits per heavy atom. The molecule has 3 heteroatoms. The Hall–Kier alpha value is -2.13. The highest BCUT2D eigenvalue weighted by atomic mass is 16.2. The summed E-state index contributed by atoms with van der Waals surface area (Å²) in [6.07, 6.45) is 4.71. The number of hydrogen-bond donors (Lipinski definition) is 2. The van der Waals surface area contributed by atoms with E-state index >= 15 is 0 Å². The van der Waals surface area contributed by atoms with Gasteiger partial charge in [-0.15, -0.1) is 0 Å². The molecule has 3 rings (SSSR count). The fourth-order valence-electron chi connectivity index (χ4n) is 3.28. The smallest absolute Gasteiger partial charge is 0.237 e. The van der Waals surface area contributed by atoms with Gasteiger partial charge < -0.3 is 11.1 Å². The van der Waals surface area contributed by atoms with Crippen molar-refractivity contribution in [3.8, 4) is 0 Å². The Balaban J connectivity index is 1.57. The van der Waals surface area contributed by atoms with Crippen LogP contribution in [0.2, 0.25) is 0 Å². The number of aryl methyl sites for hydroxylation is 2. The Morgan fingerprint density at radius 1 is 1.13 bits per heavy atom. The highest BCUT2D eigenvalue weighted by Gasteiger charge is 2.23. The summed E-state index contributed by atoms with van der Waals surface area (Å²) < 4.78 is 0. The van der Waals surface area contributed by atoms with Crippen molar-refractivity contribution in [2.45, 2.75) is 44.2 Å². The highest BCUT2D eigenvalue weighted by molar-refractivity contribution is 5.82. The van der Waals surface area contributed by atoms with Gasteiger partial charge in [0, 0.05) is 0 Å². The summed E-state index contributed by atoms with van der Waals surface area (Å²) in [5.41, 5.74) is 9.91. The fraction of sp³-hybridized carbons (Fsp3) is 0.350. The molecule has 1 aliphatic rings. The molecule has 1 amide bonds. The minimum Gasteiger partial charge on any atom is -0.348 e. The molecule has 2 atom stereocenters. The number of fused-ring (bicyclic) bond motifs is 1. The average Bonchev–Trinajstić information content (AvgIpc) is 2.61. The SMILES string of the molecule is NC(CCc1ccccc1)C(=O)N[C@@H]1CCCc2ccccc21. The number of hydrogen-bond acceptors (Lipinski definition) is 2. The van der Waals surface area contributed by atoms with Gasteiger partial charge in [0.25, 0.3) is 0 Å². The van der Waals surface area contributed by atoms with E-state index < -0.39 is 6.04 Å². The molecule has 2 aromatic rings. The molecule has 0 heterocycles. The van der Waals surface area contributed by atoms with E-state index in [1.54, 1.807) is 0 Å². The third kappa shape index (κ3) is 3.99. The average molecular weight is 308 g/mol. The van der Waals surface area contributed by atoms with E-state index in [-0.39, 0.29) is 11.9 Å². The van der Waals surface area contributed by atoms with Crippen LogP contribution < -0.4 is 11.1 Å². The summed E-state index contributed by atoms with van der Waals surface area (Å²) >= 11 is 0. The molecule has 0 bridgehead atoms. The first-order chi connectivity index (χ1) is 11.2. The Kier molecular flexibility index (Phi) is 5.09. The van der Waals surface area contributed by atoms with Crippen LogP contribution in [0.25, 0.3) is 0 Å². The molecule has 0 radical (unpaired) electrons. The van der Waals surface area contributed by atoms with Crippen LogP contribution in [0.3, 0.4) is 0 Å². The van der Waals surface area contributed by atoms with Crippen LogP contribution >= 0.6 is 0 Å². The van der Waals surface area contributed by atoms with Crippen molar-refractivity contribution < 1.29 is 4.79 Å². The number of nitrogens with one attached hydrogen (secondary N) is 1. The second-order valence-corrected chi connectivity index (χ2v) is 6.28. The summed E-state index contributed by atoms with van der Waals surface area (Å²) in [4.78, 5) is 12.4. The van der Waals surface area contributed by atoms with Gasteiger partial charge in [-0.2, -0.15) is 0 Å². The largest absolute Gasteiger partial charge is 0.348 e. The minimum atomic E-state index is -0.454. The topological polar surface area (TPSA) is 55.1 Å². The van der Waals surface area contributed by atoms with Crippen molar-refractivity contribution in [2.75, 3.05) is 0 Å². The lowest BCUT2D eigenvalue weighted by molar-refractivity contribution is -0.123. The van der Waals surface area contributed by atoms with Crippen molar-refractivity contribution in [2.24, 2.45) is 5.73 Å².